The Labute approximate surface area is 115 Å². The molecule has 1 aromatic rings. The second kappa shape index (κ2) is 5.49. The van der Waals surface area contributed by atoms with Crippen LogP contribution in [0.3, 0.4) is 0 Å². The third-order valence-electron chi connectivity index (χ3n) is 4.29. The van der Waals surface area contributed by atoms with Crippen molar-refractivity contribution in [2.45, 2.75) is 65.1 Å². The third-order valence-corrected chi connectivity index (χ3v) is 4.29. The molecule has 1 saturated heterocycles. The van der Waals surface area contributed by atoms with Crippen LogP contribution in [0.1, 0.15) is 57.3 Å². The van der Waals surface area contributed by atoms with Crippen molar-refractivity contribution in [3.8, 4) is 0 Å². The van der Waals surface area contributed by atoms with E-state index < -0.39 is 6.10 Å². The van der Waals surface area contributed by atoms with Gasteiger partial charge in [-0.1, -0.05) is 6.92 Å². The smallest absolute Gasteiger partial charge is 0.126 e. The molecule has 1 heterocycles. The SMILES string of the molecule is CCC1CCC(C)N1c1cc(C)c(F)cc1C(C)O. The summed E-state index contributed by atoms with van der Waals surface area (Å²) in [5.74, 6) is -0.237. The Balaban J connectivity index is 2.50. The molecule has 1 aliphatic heterocycles. The number of aryl methyl sites for hydroxylation is 1. The fourth-order valence-electron chi connectivity index (χ4n) is 3.15. The van der Waals surface area contributed by atoms with Crippen LogP contribution in [0.5, 0.6) is 0 Å². The van der Waals surface area contributed by atoms with E-state index in [4.69, 9.17) is 0 Å². The van der Waals surface area contributed by atoms with E-state index in [1.54, 1.807) is 13.8 Å². The van der Waals surface area contributed by atoms with Gasteiger partial charge in [0, 0.05) is 23.3 Å². The molecule has 0 saturated carbocycles. The van der Waals surface area contributed by atoms with Gasteiger partial charge >= 0.3 is 0 Å². The van der Waals surface area contributed by atoms with E-state index in [0.717, 1.165) is 18.5 Å². The zero-order valence-electron chi connectivity index (χ0n) is 12.3. The first kappa shape index (κ1) is 14.3. The normalized spacial score (nSPS) is 24.8. The highest BCUT2D eigenvalue weighted by atomic mass is 19.1. The zero-order chi connectivity index (χ0) is 14.2. The molecule has 0 aliphatic carbocycles. The minimum atomic E-state index is -0.643. The van der Waals surface area contributed by atoms with E-state index in [0.29, 0.717) is 23.2 Å². The van der Waals surface area contributed by atoms with E-state index in [1.807, 2.05) is 6.07 Å². The van der Waals surface area contributed by atoms with E-state index in [2.05, 4.69) is 18.7 Å². The molecule has 1 fully saturated rings. The van der Waals surface area contributed by atoms with Crippen molar-refractivity contribution in [2.75, 3.05) is 4.90 Å². The second-order valence-corrected chi connectivity index (χ2v) is 5.73. The van der Waals surface area contributed by atoms with Crippen molar-refractivity contribution in [2.24, 2.45) is 0 Å². The van der Waals surface area contributed by atoms with Gasteiger partial charge in [-0.2, -0.15) is 0 Å². The van der Waals surface area contributed by atoms with Crippen LogP contribution in [-0.4, -0.2) is 17.2 Å². The molecule has 1 N–H and O–H groups in total. The molecule has 3 unspecified atom stereocenters. The molecular formula is C16H24FNO. The van der Waals surface area contributed by atoms with E-state index >= 15 is 0 Å². The van der Waals surface area contributed by atoms with Gasteiger partial charge in [0.25, 0.3) is 0 Å². The van der Waals surface area contributed by atoms with Gasteiger partial charge in [-0.15, -0.1) is 0 Å². The minimum Gasteiger partial charge on any atom is -0.389 e. The molecule has 3 heteroatoms. The molecule has 0 amide bonds. The van der Waals surface area contributed by atoms with Crippen molar-refractivity contribution in [3.05, 3.63) is 29.1 Å². The first-order chi connectivity index (χ1) is 8.95. The molecule has 19 heavy (non-hydrogen) atoms. The van der Waals surface area contributed by atoms with Crippen molar-refractivity contribution >= 4 is 5.69 Å². The van der Waals surface area contributed by atoms with E-state index in [9.17, 15) is 9.50 Å². The molecule has 106 valence electrons. The summed E-state index contributed by atoms with van der Waals surface area (Å²) in [5.41, 5.74) is 2.36. The summed E-state index contributed by atoms with van der Waals surface area (Å²) in [6.07, 6.45) is 2.78. The average Bonchev–Trinajstić information content (AvgIpc) is 2.73. The molecule has 0 bridgehead atoms. The van der Waals surface area contributed by atoms with Gasteiger partial charge in [-0.05, 0) is 57.7 Å². The number of halogens is 1. The molecule has 0 radical (unpaired) electrons. The maximum atomic E-state index is 13.8. The molecule has 2 rings (SSSR count). The Kier molecular flexibility index (Phi) is 4.14. The Morgan fingerprint density at radius 1 is 1.42 bits per heavy atom. The van der Waals surface area contributed by atoms with Crippen LogP contribution < -0.4 is 4.90 Å². The van der Waals surface area contributed by atoms with Gasteiger partial charge in [0.1, 0.15) is 5.82 Å². The lowest BCUT2D eigenvalue weighted by molar-refractivity contribution is 0.199. The predicted molar refractivity (Wildman–Crippen MR) is 77.0 cm³/mol. The monoisotopic (exact) mass is 265 g/mol. The largest absolute Gasteiger partial charge is 0.389 e. The molecule has 1 aliphatic rings. The highest BCUT2D eigenvalue weighted by Gasteiger charge is 2.31. The van der Waals surface area contributed by atoms with Crippen LogP contribution in [-0.2, 0) is 0 Å². The number of nitrogens with zero attached hydrogens (tertiary/aromatic N) is 1. The summed E-state index contributed by atoms with van der Waals surface area (Å²) in [6.45, 7) is 7.88. The Morgan fingerprint density at radius 2 is 2.11 bits per heavy atom. The molecule has 0 spiro atoms. The summed E-state index contributed by atoms with van der Waals surface area (Å²) in [5, 5.41) is 9.93. The maximum absolute atomic E-state index is 13.8. The highest BCUT2D eigenvalue weighted by molar-refractivity contribution is 5.59. The van der Waals surface area contributed by atoms with Gasteiger partial charge in [0.2, 0.25) is 0 Å². The summed E-state index contributed by atoms with van der Waals surface area (Å²) in [6, 6.07) is 4.33. The minimum absolute atomic E-state index is 0.237. The van der Waals surface area contributed by atoms with Crippen LogP contribution in [0.2, 0.25) is 0 Å². The van der Waals surface area contributed by atoms with Gasteiger partial charge in [0.05, 0.1) is 6.10 Å². The van der Waals surface area contributed by atoms with Crippen molar-refractivity contribution < 1.29 is 9.50 Å². The van der Waals surface area contributed by atoms with Crippen LogP contribution in [0.4, 0.5) is 10.1 Å². The third kappa shape index (κ3) is 2.62. The van der Waals surface area contributed by atoms with Crippen molar-refractivity contribution in [1.29, 1.82) is 0 Å². The second-order valence-electron chi connectivity index (χ2n) is 5.73. The summed E-state index contributed by atoms with van der Waals surface area (Å²) in [7, 11) is 0. The zero-order valence-corrected chi connectivity index (χ0v) is 12.3. The number of benzene rings is 1. The summed E-state index contributed by atoms with van der Waals surface area (Å²) >= 11 is 0. The lowest BCUT2D eigenvalue weighted by Gasteiger charge is -2.33. The Morgan fingerprint density at radius 3 is 2.68 bits per heavy atom. The lowest BCUT2D eigenvalue weighted by Crippen LogP contribution is -2.35. The number of hydrogen-bond acceptors (Lipinski definition) is 2. The predicted octanol–water partition coefficient (Wildman–Crippen LogP) is 3.95. The number of anilines is 1. The lowest BCUT2D eigenvalue weighted by atomic mass is 10.0. The van der Waals surface area contributed by atoms with E-state index in [1.165, 1.54) is 12.5 Å². The standard InChI is InChI=1S/C16H24FNO/c1-5-13-7-6-11(3)18(13)16-8-10(2)15(17)9-14(16)12(4)19/h8-9,11-13,19H,5-7H2,1-4H3. The number of hydrogen-bond donors (Lipinski definition) is 1. The van der Waals surface area contributed by atoms with Crippen LogP contribution in [0.15, 0.2) is 12.1 Å². The van der Waals surface area contributed by atoms with Gasteiger partial charge in [-0.3, -0.25) is 0 Å². The van der Waals surface area contributed by atoms with Gasteiger partial charge in [0.15, 0.2) is 0 Å². The van der Waals surface area contributed by atoms with Crippen LogP contribution in [0, 0.1) is 12.7 Å². The van der Waals surface area contributed by atoms with Crippen LogP contribution >= 0.6 is 0 Å². The average molecular weight is 265 g/mol. The van der Waals surface area contributed by atoms with Crippen molar-refractivity contribution in [1.82, 2.24) is 0 Å². The van der Waals surface area contributed by atoms with E-state index in [-0.39, 0.29) is 5.82 Å². The quantitative estimate of drug-likeness (QED) is 0.894. The summed E-state index contributed by atoms with van der Waals surface area (Å²) < 4.78 is 13.8. The number of aliphatic hydroxyl groups excluding tert-OH is 1. The highest BCUT2D eigenvalue weighted by Crippen LogP contribution is 2.37. The van der Waals surface area contributed by atoms with Gasteiger partial charge < -0.3 is 10.0 Å². The fourth-order valence-corrected chi connectivity index (χ4v) is 3.15. The number of rotatable bonds is 3. The molecule has 3 atom stereocenters. The molecular weight excluding hydrogens is 241 g/mol. The maximum Gasteiger partial charge on any atom is 0.126 e. The topological polar surface area (TPSA) is 23.5 Å². The Hall–Kier alpha value is -1.09. The first-order valence-corrected chi connectivity index (χ1v) is 7.22. The molecule has 0 aromatic heterocycles. The summed E-state index contributed by atoms with van der Waals surface area (Å²) in [4.78, 5) is 2.37. The van der Waals surface area contributed by atoms with Crippen molar-refractivity contribution in [3.63, 3.8) is 0 Å². The molecule has 1 aromatic carbocycles. The molecule has 2 nitrogen and oxygen atoms in total. The Bertz CT molecular complexity index is 458. The van der Waals surface area contributed by atoms with Crippen LogP contribution in [0.25, 0.3) is 0 Å². The van der Waals surface area contributed by atoms with Gasteiger partial charge in [-0.25, -0.2) is 4.39 Å². The fraction of sp³-hybridized carbons (Fsp3) is 0.625. The number of aliphatic hydroxyl groups is 1. The first-order valence-electron chi connectivity index (χ1n) is 7.22.